The van der Waals surface area contributed by atoms with Crippen LogP contribution in [0.4, 0.5) is 0 Å². The van der Waals surface area contributed by atoms with Crippen molar-refractivity contribution in [2.75, 3.05) is 19.6 Å². The van der Waals surface area contributed by atoms with E-state index in [4.69, 9.17) is 0 Å². The molecule has 0 spiro atoms. The van der Waals surface area contributed by atoms with E-state index in [9.17, 15) is 14.4 Å². The smallest absolute Gasteiger partial charge is 0.243 e. The Labute approximate surface area is 198 Å². The van der Waals surface area contributed by atoms with Crippen LogP contribution in [-0.4, -0.2) is 54.3 Å². The third-order valence-corrected chi connectivity index (χ3v) is 6.69. The van der Waals surface area contributed by atoms with Gasteiger partial charge in [0, 0.05) is 24.9 Å². The Morgan fingerprint density at radius 3 is 2.24 bits per heavy atom. The maximum absolute atomic E-state index is 13.3. The molecule has 33 heavy (non-hydrogen) atoms. The van der Waals surface area contributed by atoms with Gasteiger partial charge in [-0.25, -0.2) is 10.4 Å². The fourth-order valence-corrected chi connectivity index (χ4v) is 4.37. The van der Waals surface area contributed by atoms with Gasteiger partial charge in [0.25, 0.3) is 0 Å². The van der Waals surface area contributed by atoms with Crippen LogP contribution >= 0.6 is 0 Å². The van der Waals surface area contributed by atoms with E-state index in [1.54, 1.807) is 0 Å². The van der Waals surface area contributed by atoms with Crippen LogP contribution in [0, 0.1) is 11.3 Å². The summed E-state index contributed by atoms with van der Waals surface area (Å²) in [6, 6.07) is 8.39. The summed E-state index contributed by atoms with van der Waals surface area (Å²) >= 11 is 0. The summed E-state index contributed by atoms with van der Waals surface area (Å²) in [5, 5.41) is 7.97. The summed E-state index contributed by atoms with van der Waals surface area (Å²) < 4.78 is 0. The molecule has 1 aliphatic heterocycles. The van der Waals surface area contributed by atoms with Crippen molar-refractivity contribution < 1.29 is 14.4 Å². The molecule has 1 aromatic carbocycles. The third kappa shape index (κ3) is 7.93. The third-order valence-electron chi connectivity index (χ3n) is 6.69. The number of ketones is 1. The van der Waals surface area contributed by atoms with Gasteiger partial charge in [-0.15, -0.1) is 0 Å². The number of carbonyl (C=O) groups is 3. The zero-order valence-electron chi connectivity index (χ0n) is 20.4. The van der Waals surface area contributed by atoms with Crippen molar-refractivity contribution >= 4 is 17.6 Å². The monoisotopic (exact) mass is 456 g/mol. The van der Waals surface area contributed by atoms with Crippen LogP contribution in [0.5, 0.6) is 0 Å². The van der Waals surface area contributed by atoms with E-state index in [0.717, 1.165) is 44.3 Å². The number of hydrogen-bond donors (Lipinski definition) is 3. The van der Waals surface area contributed by atoms with Gasteiger partial charge in [0.2, 0.25) is 11.8 Å². The number of rotatable bonds is 12. The van der Waals surface area contributed by atoms with E-state index in [1.165, 1.54) is 6.42 Å². The SMILES string of the molecule is CC(C)C[C@H](NC(=O)[C@H](Cc1ccccc1)NC(=O)CNN1CCCCC1)C(=O)C1(C)CC1. The molecular weight excluding hydrogens is 416 g/mol. The first kappa shape index (κ1) is 25.4. The molecule has 0 aromatic heterocycles. The number of hydrazine groups is 1. The van der Waals surface area contributed by atoms with Crippen molar-refractivity contribution in [2.24, 2.45) is 11.3 Å². The lowest BCUT2D eigenvalue weighted by molar-refractivity contribution is -0.133. The van der Waals surface area contributed by atoms with Crippen LogP contribution < -0.4 is 16.1 Å². The Bertz CT molecular complexity index is 801. The number of hydrogen-bond acceptors (Lipinski definition) is 5. The van der Waals surface area contributed by atoms with E-state index in [2.05, 4.69) is 34.9 Å². The van der Waals surface area contributed by atoms with Gasteiger partial charge in [0.15, 0.2) is 5.78 Å². The lowest BCUT2D eigenvalue weighted by Gasteiger charge is -2.28. The second-order valence-corrected chi connectivity index (χ2v) is 10.3. The molecule has 0 bridgehead atoms. The molecule has 182 valence electrons. The van der Waals surface area contributed by atoms with Crippen LogP contribution in [0.1, 0.15) is 64.9 Å². The van der Waals surface area contributed by atoms with Gasteiger partial charge in [-0.05, 0) is 43.6 Å². The molecule has 7 heteroatoms. The Balaban J connectivity index is 1.65. The molecule has 1 saturated carbocycles. The number of nitrogens with zero attached hydrogens (tertiary/aromatic N) is 1. The lowest BCUT2D eigenvalue weighted by Crippen LogP contribution is -2.55. The van der Waals surface area contributed by atoms with Crippen molar-refractivity contribution in [3.05, 3.63) is 35.9 Å². The maximum Gasteiger partial charge on any atom is 0.243 e. The van der Waals surface area contributed by atoms with Crippen molar-refractivity contribution in [3.8, 4) is 0 Å². The second-order valence-electron chi connectivity index (χ2n) is 10.3. The molecule has 0 radical (unpaired) electrons. The predicted molar refractivity (Wildman–Crippen MR) is 129 cm³/mol. The number of Topliss-reactive ketones (excluding diaryl/α,β-unsaturated/α-hetero) is 1. The molecule has 2 aliphatic rings. The molecule has 3 rings (SSSR count). The molecule has 1 saturated heterocycles. The Morgan fingerprint density at radius 1 is 0.970 bits per heavy atom. The molecule has 7 nitrogen and oxygen atoms in total. The zero-order valence-corrected chi connectivity index (χ0v) is 20.4. The highest BCUT2D eigenvalue weighted by molar-refractivity contribution is 5.96. The van der Waals surface area contributed by atoms with Gasteiger partial charge in [-0.1, -0.05) is 57.5 Å². The molecule has 1 aliphatic carbocycles. The summed E-state index contributed by atoms with van der Waals surface area (Å²) in [6.45, 7) is 8.07. The van der Waals surface area contributed by atoms with Crippen LogP contribution in [0.25, 0.3) is 0 Å². The number of amides is 2. The van der Waals surface area contributed by atoms with E-state index < -0.39 is 12.1 Å². The number of piperidine rings is 1. The highest BCUT2D eigenvalue weighted by Gasteiger charge is 2.48. The summed E-state index contributed by atoms with van der Waals surface area (Å²) in [6.07, 6.45) is 6.20. The molecule has 2 amide bonds. The Hall–Kier alpha value is -2.25. The zero-order chi connectivity index (χ0) is 23.8. The van der Waals surface area contributed by atoms with E-state index in [0.29, 0.717) is 12.8 Å². The normalized spacial score (nSPS) is 19.5. The maximum atomic E-state index is 13.3. The van der Waals surface area contributed by atoms with Crippen molar-refractivity contribution in [1.82, 2.24) is 21.1 Å². The lowest BCUT2D eigenvalue weighted by atomic mass is 9.91. The van der Waals surface area contributed by atoms with Crippen molar-refractivity contribution in [2.45, 2.75) is 77.8 Å². The molecule has 1 heterocycles. The van der Waals surface area contributed by atoms with E-state index in [1.807, 2.05) is 37.3 Å². The molecule has 2 fully saturated rings. The van der Waals surface area contributed by atoms with Crippen molar-refractivity contribution in [3.63, 3.8) is 0 Å². The summed E-state index contributed by atoms with van der Waals surface area (Å²) in [5.74, 6) is -0.135. The summed E-state index contributed by atoms with van der Waals surface area (Å²) in [4.78, 5) is 39.1. The highest BCUT2D eigenvalue weighted by atomic mass is 16.2. The van der Waals surface area contributed by atoms with Crippen LogP contribution in [0.3, 0.4) is 0 Å². The second kappa shape index (κ2) is 11.7. The minimum Gasteiger partial charge on any atom is -0.344 e. The molecule has 2 atom stereocenters. The fourth-order valence-electron chi connectivity index (χ4n) is 4.37. The average Bonchev–Trinajstić information content (AvgIpc) is 3.56. The van der Waals surface area contributed by atoms with Crippen LogP contribution in [0.2, 0.25) is 0 Å². The van der Waals surface area contributed by atoms with Gasteiger partial charge >= 0.3 is 0 Å². The van der Waals surface area contributed by atoms with Gasteiger partial charge < -0.3 is 10.6 Å². The average molecular weight is 457 g/mol. The van der Waals surface area contributed by atoms with Gasteiger partial charge in [0.1, 0.15) is 6.04 Å². The number of carbonyl (C=O) groups excluding carboxylic acids is 3. The summed E-state index contributed by atoms with van der Waals surface area (Å²) in [5.41, 5.74) is 3.82. The predicted octanol–water partition coefficient (Wildman–Crippen LogP) is 2.60. The fraction of sp³-hybridized carbons (Fsp3) is 0.654. The van der Waals surface area contributed by atoms with Gasteiger partial charge in [0.05, 0.1) is 12.6 Å². The Kier molecular flexibility index (Phi) is 9.03. The highest BCUT2D eigenvalue weighted by Crippen LogP contribution is 2.47. The largest absolute Gasteiger partial charge is 0.344 e. The van der Waals surface area contributed by atoms with Crippen LogP contribution in [0.15, 0.2) is 30.3 Å². The van der Waals surface area contributed by atoms with Crippen molar-refractivity contribution in [1.29, 1.82) is 0 Å². The van der Waals surface area contributed by atoms with Crippen LogP contribution in [-0.2, 0) is 20.8 Å². The standard InChI is InChI=1S/C26H40N4O3/c1-19(2)16-21(24(32)26(3)12-13-26)29-25(33)22(17-20-10-6-4-7-11-20)28-23(31)18-27-30-14-8-5-9-15-30/h4,6-7,10-11,19,21-22,27H,5,8-9,12-18H2,1-3H3,(H,28,31)(H,29,33)/t21-,22-/m0/s1. The minimum atomic E-state index is -0.738. The first-order chi connectivity index (χ1) is 15.8. The summed E-state index contributed by atoms with van der Waals surface area (Å²) in [7, 11) is 0. The number of benzene rings is 1. The minimum absolute atomic E-state index is 0.112. The molecule has 0 unspecified atom stereocenters. The van der Waals surface area contributed by atoms with E-state index in [-0.39, 0.29) is 35.5 Å². The first-order valence-corrected chi connectivity index (χ1v) is 12.4. The molecular formula is C26H40N4O3. The van der Waals surface area contributed by atoms with Gasteiger partial charge in [-0.2, -0.15) is 0 Å². The molecule has 3 N–H and O–H groups in total. The number of nitrogens with one attached hydrogen (secondary N) is 3. The molecule has 1 aromatic rings. The van der Waals surface area contributed by atoms with E-state index >= 15 is 0 Å². The Morgan fingerprint density at radius 2 is 1.64 bits per heavy atom. The van der Waals surface area contributed by atoms with Gasteiger partial charge in [-0.3, -0.25) is 14.4 Å². The quantitative estimate of drug-likeness (QED) is 0.450. The first-order valence-electron chi connectivity index (χ1n) is 12.4. The topological polar surface area (TPSA) is 90.5 Å².